The molecule has 1 amide bonds. The van der Waals surface area contributed by atoms with Crippen LogP contribution in [0.2, 0.25) is 0 Å². The molecule has 2 aromatic heterocycles. The van der Waals surface area contributed by atoms with Gasteiger partial charge in [-0.25, -0.2) is 4.79 Å². The molecule has 24 heavy (non-hydrogen) atoms. The second kappa shape index (κ2) is 6.72. The van der Waals surface area contributed by atoms with E-state index in [9.17, 15) is 9.59 Å². The first-order chi connectivity index (χ1) is 11.7. The molecule has 0 radical (unpaired) electrons. The van der Waals surface area contributed by atoms with Crippen LogP contribution in [-0.2, 0) is 17.9 Å². The molecular weight excluding hydrogens is 324 g/mol. The third-order valence-corrected chi connectivity index (χ3v) is 4.54. The van der Waals surface area contributed by atoms with Gasteiger partial charge in [0.1, 0.15) is 17.6 Å². The van der Waals surface area contributed by atoms with E-state index >= 15 is 0 Å². The highest BCUT2D eigenvalue weighted by Crippen LogP contribution is 2.22. The Morgan fingerprint density at radius 2 is 1.96 bits per heavy atom. The number of amides is 1. The maximum atomic E-state index is 12.6. The van der Waals surface area contributed by atoms with Gasteiger partial charge in [-0.3, -0.25) is 13.9 Å². The van der Waals surface area contributed by atoms with E-state index in [-0.39, 0.29) is 18.1 Å². The Kier molecular flexibility index (Phi) is 4.49. The predicted octanol–water partition coefficient (Wildman–Crippen LogP) is 2.78. The smallest absolute Gasteiger partial charge is 0.315 e. The van der Waals surface area contributed by atoms with Gasteiger partial charge in [-0.05, 0) is 30.0 Å². The number of carbonyl (C=O) groups excluding carboxylic acids is 1. The van der Waals surface area contributed by atoms with Crippen molar-refractivity contribution in [3.05, 3.63) is 51.8 Å². The van der Waals surface area contributed by atoms with Crippen LogP contribution < -0.4 is 11.0 Å². The molecule has 0 unspecified atom stereocenters. The fourth-order valence-corrected chi connectivity index (χ4v) is 3.42. The van der Waals surface area contributed by atoms with Gasteiger partial charge in [0.15, 0.2) is 0 Å². The van der Waals surface area contributed by atoms with Crippen molar-refractivity contribution in [2.75, 3.05) is 5.32 Å². The number of imidazole rings is 1. The molecular formula is C17H16N4O2S. The number of aromatic nitrogens is 2. The number of hydrogen-bond acceptors (Lipinski definition) is 4. The van der Waals surface area contributed by atoms with E-state index in [4.69, 9.17) is 5.26 Å². The van der Waals surface area contributed by atoms with Gasteiger partial charge in [-0.1, -0.05) is 19.1 Å². The lowest BCUT2D eigenvalue weighted by molar-refractivity contribution is -0.116. The van der Waals surface area contributed by atoms with E-state index in [1.165, 1.54) is 15.9 Å². The van der Waals surface area contributed by atoms with E-state index < -0.39 is 0 Å². The van der Waals surface area contributed by atoms with Gasteiger partial charge < -0.3 is 5.32 Å². The first kappa shape index (κ1) is 16.0. The lowest BCUT2D eigenvalue weighted by atomic mass is 10.3. The summed E-state index contributed by atoms with van der Waals surface area (Å²) in [5, 5.41) is 14.0. The molecule has 3 rings (SSSR count). The molecule has 0 spiro atoms. The van der Waals surface area contributed by atoms with Crippen molar-refractivity contribution in [2.24, 2.45) is 0 Å². The van der Waals surface area contributed by atoms with Gasteiger partial charge in [-0.2, -0.15) is 5.26 Å². The molecule has 122 valence electrons. The van der Waals surface area contributed by atoms with Crippen LogP contribution in [0.25, 0.3) is 11.0 Å². The average Bonchev–Trinajstić information content (AvgIpc) is 3.13. The number of aryl methyl sites for hydroxylation is 1. The van der Waals surface area contributed by atoms with Gasteiger partial charge in [0.05, 0.1) is 16.6 Å². The minimum Gasteiger partial charge on any atom is -0.315 e. The van der Waals surface area contributed by atoms with E-state index in [1.807, 2.05) is 37.3 Å². The molecule has 7 heteroatoms. The van der Waals surface area contributed by atoms with Crippen LogP contribution >= 0.6 is 11.3 Å². The number of nitrogens with zero attached hydrogens (tertiary/aromatic N) is 3. The van der Waals surface area contributed by atoms with Crippen LogP contribution in [0.3, 0.4) is 0 Å². The Morgan fingerprint density at radius 3 is 2.62 bits per heavy atom. The van der Waals surface area contributed by atoms with Crippen LogP contribution in [0.5, 0.6) is 0 Å². The summed E-state index contributed by atoms with van der Waals surface area (Å²) >= 11 is 1.29. The number of nitrogens with one attached hydrogen (secondary N) is 1. The third-order valence-electron chi connectivity index (χ3n) is 3.71. The zero-order chi connectivity index (χ0) is 17.1. The molecule has 3 aromatic rings. The first-order valence-electron chi connectivity index (χ1n) is 7.61. The maximum Gasteiger partial charge on any atom is 0.329 e. The van der Waals surface area contributed by atoms with Crippen molar-refractivity contribution < 1.29 is 4.79 Å². The van der Waals surface area contributed by atoms with Crippen molar-refractivity contribution in [3.63, 3.8) is 0 Å². The molecule has 0 fully saturated rings. The summed E-state index contributed by atoms with van der Waals surface area (Å²) in [7, 11) is 0. The fourth-order valence-electron chi connectivity index (χ4n) is 2.67. The van der Waals surface area contributed by atoms with E-state index in [1.54, 1.807) is 16.0 Å². The van der Waals surface area contributed by atoms with Gasteiger partial charge >= 0.3 is 5.69 Å². The maximum absolute atomic E-state index is 12.6. The number of para-hydroxylation sites is 2. The number of benzene rings is 1. The number of hydrogen-bond donors (Lipinski definition) is 1. The SMILES string of the molecule is CCCn1c(=O)n(CC(=O)Nc2sccc2C#N)c2ccccc21. The molecule has 0 aliphatic heterocycles. The van der Waals surface area contributed by atoms with Crippen molar-refractivity contribution in [1.82, 2.24) is 9.13 Å². The lowest BCUT2D eigenvalue weighted by Gasteiger charge is -2.04. The molecule has 0 aliphatic rings. The Hall–Kier alpha value is -2.85. The summed E-state index contributed by atoms with van der Waals surface area (Å²) in [6.07, 6.45) is 0.834. The van der Waals surface area contributed by atoms with Crippen LogP contribution in [-0.4, -0.2) is 15.0 Å². The van der Waals surface area contributed by atoms with Crippen molar-refractivity contribution >= 4 is 33.3 Å². The largest absolute Gasteiger partial charge is 0.329 e. The van der Waals surface area contributed by atoms with Crippen LogP contribution in [0, 0.1) is 11.3 Å². The van der Waals surface area contributed by atoms with Crippen LogP contribution in [0.15, 0.2) is 40.5 Å². The van der Waals surface area contributed by atoms with Gasteiger partial charge in [-0.15, -0.1) is 11.3 Å². The monoisotopic (exact) mass is 340 g/mol. The van der Waals surface area contributed by atoms with Crippen LogP contribution in [0.1, 0.15) is 18.9 Å². The zero-order valence-corrected chi connectivity index (χ0v) is 14.0. The Balaban J connectivity index is 1.93. The van der Waals surface area contributed by atoms with Gasteiger partial charge in [0, 0.05) is 6.54 Å². The summed E-state index contributed by atoms with van der Waals surface area (Å²) in [5.74, 6) is -0.324. The Morgan fingerprint density at radius 1 is 1.25 bits per heavy atom. The summed E-state index contributed by atoms with van der Waals surface area (Å²) in [5.41, 5.74) is 1.79. The predicted molar refractivity (Wildman–Crippen MR) is 94.2 cm³/mol. The van der Waals surface area contributed by atoms with E-state index in [0.29, 0.717) is 17.1 Å². The lowest BCUT2D eigenvalue weighted by Crippen LogP contribution is -2.29. The number of fused-ring (bicyclic) bond motifs is 1. The molecule has 0 bridgehead atoms. The summed E-state index contributed by atoms with van der Waals surface area (Å²) in [6, 6.07) is 11.1. The summed E-state index contributed by atoms with van der Waals surface area (Å²) in [4.78, 5) is 25.0. The Labute approximate surface area is 142 Å². The highest BCUT2D eigenvalue weighted by atomic mass is 32.1. The quantitative estimate of drug-likeness (QED) is 0.775. The van der Waals surface area contributed by atoms with Crippen molar-refractivity contribution in [2.45, 2.75) is 26.4 Å². The topological polar surface area (TPSA) is 79.8 Å². The van der Waals surface area contributed by atoms with Gasteiger partial charge in [0.25, 0.3) is 0 Å². The minimum atomic E-state index is -0.324. The third kappa shape index (κ3) is 2.84. The molecule has 1 aromatic carbocycles. The standard InChI is InChI=1S/C17H16N4O2S/c1-2-8-20-13-5-3-4-6-14(13)21(17(20)23)11-15(22)19-16-12(10-18)7-9-24-16/h3-7,9H,2,8,11H2,1H3,(H,19,22). The average molecular weight is 340 g/mol. The van der Waals surface area contributed by atoms with Crippen LogP contribution in [0.4, 0.5) is 5.00 Å². The molecule has 1 N–H and O–H groups in total. The highest BCUT2D eigenvalue weighted by molar-refractivity contribution is 7.14. The van der Waals surface area contributed by atoms with Gasteiger partial charge in [0.2, 0.25) is 5.91 Å². The number of nitriles is 1. The molecule has 0 atom stereocenters. The van der Waals surface area contributed by atoms with E-state index in [0.717, 1.165) is 17.5 Å². The minimum absolute atomic E-state index is 0.0845. The van der Waals surface area contributed by atoms with Crippen molar-refractivity contribution in [1.29, 1.82) is 5.26 Å². The number of rotatable bonds is 5. The number of thiophene rings is 1. The number of carbonyl (C=O) groups is 1. The van der Waals surface area contributed by atoms with Crippen molar-refractivity contribution in [3.8, 4) is 6.07 Å². The molecule has 2 heterocycles. The normalized spacial score (nSPS) is 10.7. The summed E-state index contributed by atoms with van der Waals surface area (Å²) in [6.45, 7) is 2.53. The second-order valence-electron chi connectivity index (χ2n) is 5.33. The Bertz CT molecular complexity index is 990. The second-order valence-corrected chi connectivity index (χ2v) is 6.25. The molecule has 0 saturated heterocycles. The number of anilines is 1. The fraction of sp³-hybridized carbons (Fsp3) is 0.235. The zero-order valence-electron chi connectivity index (χ0n) is 13.2. The molecule has 6 nitrogen and oxygen atoms in total. The highest BCUT2D eigenvalue weighted by Gasteiger charge is 2.16. The first-order valence-corrected chi connectivity index (χ1v) is 8.49. The molecule has 0 aliphatic carbocycles. The van der Waals surface area contributed by atoms with E-state index in [2.05, 4.69) is 5.32 Å². The molecule has 0 saturated carbocycles. The summed E-state index contributed by atoms with van der Waals surface area (Å²) < 4.78 is 3.16.